The van der Waals surface area contributed by atoms with Crippen LogP contribution in [0.4, 0.5) is 0 Å². The lowest BCUT2D eigenvalue weighted by Gasteiger charge is -2.37. The molecular weight excluding hydrogens is 502 g/mol. The second-order valence-electron chi connectivity index (χ2n) is 10.3. The number of amides is 2. The highest BCUT2D eigenvalue weighted by Crippen LogP contribution is 2.38. The minimum Gasteiger partial charge on any atom is -0.392 e. The number of carbonyl (C=O) groups is 2. The molecule has 2 fully saturated rings. The van der Waals surface area contributed by atoms with Crippen molar-refractivity contribution >= 4 is 11.8 Å². The molecular formula is C29H39N3O7. The number of ether oxygens (including phenoxy) is 2. The van der Waals surface area contributed by atoms with E-state index in [9.17, 15) is 19.8 Å². The molecule has 2 saturated heterocycles. The molecule has 0 saturated carbocycles. The third-order valence-electron chi connectivity index (χ3n) is 7.25. The molecule has 2 aliphatic rings. The molecule has 2 aromatic carbocycles. The summed E-state index contributed by atoms with van der Waals surface area (Å²) in [6.45, 7) is 2.60. The van der Waals surface area contributed by atoms with Gasteiger partial charge in [0.2, 0.25) is 11.8 Å². The van der Waals surface area contributed by atoms with E-state index in [2.05, 4.69) is 10.2 Å². The van der Waals surface area contributed by atoms with Gasteiger partial charge in [0.1, 0.15) is 0 Å². The fourth-order valence-electron chi connectivity index (χ4n) is 5.01. The van der Waals surface area contributed by atoms with Crippen LogP contribution in [0.2, 0.25) is 0 Å². The zero-order chi connectivity index (χ0) is 27.6. The monoisotopic (exact) mass is 541 g/mol. The van der Waals surface area contributed by atoms with Crippen molar-refractivity contribution in [2.75, 3.05) is 19.6 Å². The largest absolute Gasteiger partial charge is 0.392 e. The van der Waals surface area contributed by atoms with E-state index in [1.54, 1.807) is 5.48 Å². The van der Waals surface area contributed by atoms with Gasteiger partial charge in [-0.1, -0.05) is 48.5 Å². The van der Waals surface area contributed by atoms with E-state index in [0.29, 0.717) is 38.8 Å². The normalized spacial score (nSPS) is 23.5. The Morgan fingerprint density at radius 1 is 0.923 bits per heavy atom. The average molecular weight is 542 g/mol. The maximum Gasteiger partial charge on any atom is 0.243 e. The Morgan fingerprint density at radius 2 is 1.59 bits per heavy atom. The Labute approximate surface area is 228 Å². The molecule has 0 spiro atoms. The summed E-state index contributed by atoms with van der Waals surface area (Å²) in [4.78, 5) is 25.4. The molecule has 4 atom stereocenters. The molecule has 10 nitrogen and oxygen atoms in total. The van der Waals surface area contributed by atoms with Crippen molar-refractivity contribution in [1.82, 2.24) is 15.7 Å². The minimum absolute atomic E-state index is 0.00634. The molecule has 0 radical (unpaired) electrons. The number of hydrogen-bond acceptors (Lipinski definition) is 8. The Hall–Kier alpha value is -2.86. The number of rotatable bonds is 12. The fraction of sp³-hybridized carbons (Fsp3) is 0.517. The van der Waals surface area contributed by atoms with Gasteiger partial charge in [0, 0.05) is 51.0 Å². The van der Waals surface area contributed by atoms with E-state index in [0.717, 1.165) is 41.8 Å². The van der Waals surface area contributed by atoms with Gasteiger partial charge in [0.05, 0.1) is 24.9 Å². The molecule has 4 rings (SSSR count). The number of benzene rings is 2. The van der Waals surface area contributed by atoms with Crippen LogP contribution in [0.25, 0.3) is 0 Å². The Kier molecular flexibility index (Phi) is 10.8. The van der Waals surface area contributed by atoms with Crippen LogP contribution in [0.5, 0.6) is 0 Å². The minimum atomic E-state index is -0.557. The number of carbonyl (C=O) groups excluding carboxylic acids is 2. The number of aliphatic hydroxyl groups excluding tert-OH is 2. The van der Waals surface area contributed by atoms with Gasteiger partial charge in [-0.2, -0.15) is 0 Å². The van der Waals surface area contributed by atoms with Crippen molar-refractivity contribution in [2.45, 2.75) is 76.3 Å². The van der Waals surface area contributed by atoms with Crippen LogP contribution in [0, 0.1) is 0 Å². The van der Waals surface area contributed by atoms with E-state index in [4.69, 9.17) is 14.7 Å². The van der Waals surface area contributed by atoms with Gasteiger partial charge in [-0.15, -0.1) is 0 Å². The standard InChI is InChI=1S/C29H39N3O7/c33-19-21-7-9-22(10-8-21)26-15-25(18-32-14-13-24(34)17-32)38-29(39-26)23-11-5-20(6-12-23)16-30-27(35)3-1-2-4-28(36)31-37/h5-12,24-26,29,33-34,37H,1-4,13-19H2,(H,30,35)(H,31,36)/t24-,25+,26-,29-/m0/s1. The van der Waals surface area contributed by atoms with Gasteiger partial charge in [-0.05, 0) is 36.0 Å². The molecule has 2 amide bonds. The molecule has 2 aliphatic heterocycles. The van der Waals surface area contributed by atoms with Gasteiger partial charge < -0.3 is 25.0 Å². The second-order valence-corrected chi connectivity index (χ2v) is 10.3. The van der Waals surface area contributed by atoms with E-state index >= 15 is 0 Å². The smallest absolute Gasteiger partial charge is 0.243 e. The van der Waals surface area contributed by atoms with Gasteiger partial charge in [-0.25, -0.2) is 5.48 Å². The SMILES string of the molecule is O=C(CCCCC(=O)NCc1ccc([C@H]2O[C@@H](CN3CC[C@H](O)C3)C[C@@H](c3ccc(CO)cc3)O2)cc1)NO. The number of unbranched alkanes of at least 4 members (excludes halogenated alkanes) is 1. The highest BCUT2D eigenvalue weighted by molar-refractivity contribution is 5.76. The molecule has 5 N–H and O–H groups in total. The first-order valence-corrected chi connectivity index (χ1v) is 13.6. The van der Waals surface area contributed by atoms with E-state index < -0.39 is 12.2 Å². The highest BCUT2D eigenvalue weighted by atomic mass is 16.7. The Bertz CT molecular complexity index is 1060. The average Bonchev–Trinajstić information content (AvgIpc) is 3.38. The first-order valence-electron chi connectivity index (χ1n) is 13.6. The van der Waals surface area contributed by atoms with Crippen LogP contribution < -0.4 is 10.8 Å². The first-order chi connectivity index (χ1) is 18.9. The number of hydrogen-bond donors (Lipinski definition) is 5. The summed E-state index contributed by atoms with van der Waals surface area (Å²) in [5, 5.41) is 30.7. The van der Waals surface area contributed by atoms with Crippen LogP contribution in [0.15, 0.2) is 48.5 Å². The first kappa shape index (κ1) is 29.1. The molecule has 212 valence electrons. The zero-order valence-corrected chi connectivity index (χ0v) is 22.1. The van der Waals surface area contributed by atoms with E-state index in [1.807, 2.05) is 48.5 Å². The summed E-state index contributed by atoms with van der Waals surface area (Å²) in [5.74, 6) is -0.541. The van der Waals surface area contributed by atoms with Crippen LogP contribution in [0.3, 0.4) is 0 Å². The number of aliphatic hydroxyl groups is 2. The van der Waals surface area contributed by atoms with Gasteiger partial charge >= 0.3 is 0 Å². The van der Waals surface area contributed by atoms with Crippen LogP contribution in [-0.2, 0) is 32.2 Å². The van der Waals surface area contributed by atoms with Crippen molar-refractivity contribution in [1.29, 1.82) is 0 Å². The van der Waals surface area contributed by atoms with E-state index in [-0.39, 0.29) is 37.2 Å². The molecule has 0 bridgehead atoms. The Balaban J connectivity index is 1.34. The quantitative estimate of drug-likeness (QED) is 0.157. The summed E-state index contributed by atoms with van der Waals surface area (Å²) in [7, 11) is 0. The number of hydroxylamine groups is 1. The molecule has 39 heavy (non-hydrogen) atoms. The predicted octanol–water partition coefficient (Wildman–Crippen LogP) is 2.47. The van der Waals surface area contributed by atoms with Crippen LogP contribution in [0.1, 0.15) is 73.2 Å². The van der Waals surface area contributed by atoms with Crippen LogP contribution in [-0.4, -0.2) is 64.0 Å². The van der Waals surface area contributed by atoms with Gasteiger partial charge in [-0.3, -0.25) is 19.7 Å². The van der Waals surface area contributed by atoms with Crippen molar-refractivity contribution in [3.05, 3.63) is 70.8 Å². The molecule has 0 aliphatic carbocycles. The van der Waals surface area contributed by atoms with Crippen molar-refractivity contribution in [3.8, 4) is 0 Å². The fourth-order valence-corrected chi connectivity index (χ4v) is 5.01. The van der Waals surface area contributed by atoms with Gasteiger partial charge in [0.25, 0.3) is 0 Å². The molecule has 0 unspecified atom stereocenters. The number of β-amino-alcohol motifs (C(OH)–C–C–N with tert-alkyl or cyclic N) is 1. The van der Waals surface area contributed by atoms with E-state index in [1.165, 1.54) is 0 Å². The molecule has 2 heterocycles. The third kappa shape index (κ3) is 8.82. The predicted molar refractivity (Wildman–Crippen MR) is 142 cm³/mol. The summed E-state index contributed by atoms with van der Waals surface area (Å²) in [6.07, 6.45) is 1.98. The highest BCUT2D eigenvalue weighted by Gasteiger charge is 2.34. The summed E-state index contributed by atoms with van der Waals surface area (Å²) in [5.41, 5.74) is 5.30. The zero-order valence-electron chi connectivity index (χ0n) is 22.1. The number of nitrogens with zero attached hydrogens (tertiary/aromatic N) is 1. The molecule has 2 aromatic rings. The Morgan fingerprint density at radius 3 is 2.23 bits per heavy atom. The van der Waals surface area contributed by atoms with Crippen molar-refractivity contribution in [3.63, 3.8) is 0 Å². The third-order valence-corrected chi connectivity index (χ3v) is 7.25. The number of nitrogens with one attached hydrogen (secondary N) is 2. The molecule has 0 aromatic heterocycles. The lowest BCUT2D eigenvalue weighted by atomic mass is 9.99. The summed E-state index contributed by atoms with van der Waals surface area (Å²) >= 11 is 0. The maximum atomic E-state index is 12.1. The van der Waals surface area contributed by atoms with Crippen molar-refractivity contribution in [2.24, 2.45) is 0 Å². The van der Waals surface area contributed by atoms with Crippen molar-refractivity contribution < 1.29 is 34.5 Å². The lowest BCUT2D eigenvalue weighted by Crippen LogP contribution is -2.38. The molecule has 10 heteroatoms. The maximum absolute atomic E-state index is 12.1. The summed E-state index contributed by atoms with van der Waals surface area (Å²) in [6, 6.07) is 15.6. The second kappa shape index (κ2) is 14.5. The number of likely N-dealkylation sites (tertiary alicyclic amines) is 1. The van der Waals surface area contributed by atoms with Crippen LogP contribution >= 0.6 is 0 Å². The topological polar surface area (TPSA) is 141 Å². The summed E-state index contributed by atoms with van der Waals surface area (Å²) < 4.78 is 12.8. The van der Waals surface area contributed by atoms with Gasteiger partial charge in [0.15, 0.2) is 6.29 Å². The lowest BCUT2D eigenvalue weighted by molar-refractivity contribution is -0.252.